The van der Waals surface area contributed by atoms with Crippen LogP contribution in [-0.2, 0) is 31.1 Å². The van der Waals surface area contributed by atoms with Crippen LogP contribution in [0.15, 0.2) is 17.5 Å². The quantitative estimate of drug-likeness (QED) is 0.249. The number of amides is 2. The van der Waals surface area contributed by atoms with E-state index >= 15 is 0 Å². The van der Waals surface area contributed by atoms with Gasteiger partial charge in [-0.3, -0.25) is 9.59 Å². The fraction of sp³-hybridized carbons (Fsp3) is 0.400. The average molecular weight is 358 g/mol. The zero-order chi connectivity index (χ0) is 15.0. The minimum Gasteiger partial charge on any atom is -0.731 e. The first-order valence-electron chi connectivity index (χ1n) is 5.45. The number of methoxy groups -OCH3 is 1. The molecule has 8 nitrogen and oxygen atoms in total. The van der Waals surface area contributed by atoms with Crippen LogP contribution in [0.1, 0.15) is 4.88 Å². The van der Waals surface area contributed by atoms with E-state index in [1.807, 2.05) is 0 Å². The van der Waals surface area contributed by atoms with Crippen molar-refractivity contribution in [2.45, 2.75) is 12.1 Å². The van der Waals surface area contributed by atoms with Gasteiger partial charge in [-0.05, 0) is 11.4 Å². The summed E-state index contributed by atoms with van der Waals surface area (Å²) in [6.07, 6.45) is 0.0418. The number of carbonyl (C=O) groups excluding carboxylic acids is 2. The summed E-state index contributed by atoms with van der Waals surface area (Å²) in [4.78, 5) is 24.3. The maximum atomic E-state index is 11.8. The van der Waals surface area contributed by atoms with E-state index in [4.69, 9.17) is 4.74 Å². The molecular weight excluding hydrogens is 347 g/mol. The van der Waals surface area contributed by atoms with E-state index in [2.05, 4.69) is 5.32 Å². The third-order valence-corrected chi connectivity index (χ3v) is 4.52. The number of rotatable bonds is 5. The number of β-lactam (4-membered cyclic amide) rings is 1. The summed E-state index contributed by atoms with van der Waals surface area (Å²) in [6.45, 7) is -0.523. The predicted molar refractivity (Wildman–Crippen MR) is 67.3 cm³/mol. The summed E-state index contributed by atoms with van der Waals surface area (Å²) in [7, 11) is -3.73. The van der Waals surface area contributed by atoms with Crippen molar-refractivity contribution in [3.8, 4) is 0 Å². The predicted octanol–water partition coefficient (Wildman–Crippen LogP) is -3.94. The Morgan fingerprint density at radius 2 is 2.29 bits per heavy atom. The van der Waals surface area contributed by atoms with Gasteiger partial charge >= 0.3 is 51.4 Å². The Morgan fingerprint density at radius 3 is 2.71 bits per heavy atom. The molecule has 110 valence electrons. The Bertz CT molecular complexity index is 632. The van der Waals surface area contributed by atoms with Crippen molar-refractivity contribution in [2.75, 3.05) is 13.7 Å². The number of hydrogen-bond donors (Lipinski definition) is 1. The molecule has 1 atom stereocenters. The van der Waals surface area contributed by atoms with Crippen molar-refractivity contribution in [1.29, 1.82) is 0 Å². The number of hydrogen-bond acceptors (Lipinski definition) is 7. The first kappa shape index (κ1) is 19.2. The average Bonchev–Trinajstić information content (AvgIpc) is 2.84. The topological polar surface area (TPSA) is 116 Å². The first-order valence-corrected chi connectivity index (χ1v) is 7.69. The summed E-state index contributed by atoms with van der Waals surface area (Å²) in [5, 5.41) is 4.12. The fourth-order valence-corrected chi connectivity index (χ4v) is 3.16. The largest absolute Gasteiger partial charge is 1.00 e. The zero-order valence-corrected chi connectivity index (χ0v) is 16.1. The van der Waals surface area contributed by atoms with Gasteiger partial charge in [0.25, 0.3) is 5.91 Å². The van der Waals surface area contributed by atoms with Crippen LogP contribution in [0.25, 0.3) is 0 Å². The molecule has 0 bridgehead atoms. The maximum absolute atomic E-state index is 11.8. The number of nitrogens with zero attached hydrogens (tertiary/aromatic N) is 1. The van der Waals surface area contributed by atoms with Gasteiger partial charge in [0.05, 0.1) is 13.0 Å². The smallest absolute Gasteiger partial charge is 0.731 e. The van der Waals surface area contributed by atoms with Crippen molar-refractivity contribution in [1.82, 2.24) is 9.62 Å². The molecule has 1 fully saturated rings. The molecule has 0 unspecified atom stereocenters. The van der Waals surface area contributed by atoms with E-state index in [-0.39, 0.29) is 62.1 Å². The Kier molecular flexibility index (Phi) is 6.53. The monoisotopic (exact) mass is 358 g/mol. The molecule has 1 aromatic rings. The SMILES string of the molecule is CO[C@]1(NC(=O)Cc2cccs2)CN(S(=O)(=O)[O-])C1=O.[K+]. The van der Waals surface area contributed by atoms with Crippen LogP contribution in [-0.4, -0.2) is 48.5 Å². The van der Waals surface area contributed by atoms with E-state index in [0.29, 0.717) is 0 Å². The van der Waals surface area contributed by atoms with Gasteiger partial charge in [-0.2, -0.15) is 0 Å². The second kappa shape index (κ2) is 7.15. The van der Waals surface area contributed by atoms with Crippen molar-refractivity contribution in [2.24, 2.45) is 0 Å². The molecule has 1 aliphatic rings. The van der Waals surface area contributed by atoms with Crippen LogP contribution in [0.2, 0.25) is 0 Å². The van der Waals surface area contributed by atoms with E-state index in [1.165, 1.54) is 11.3 Å². The Balaban J connectivity index is 0.00000220. The Morgan fingerprint density at radius 1 is 1.62 bits per heavy atom. The third kappa shape index (κ3) is 4.12. The summed E-state index contributed by atoms with van der Waals surface area (Å²) < 4.78 is 37.2. The zero-order valence-electron chi connectivity index (χ0n) is 11.4. The number of carbonyl (C=O) groups is 2. The van der Waals surface area contributed by atoms with E-state index in [0.717, 1.165) is 12.0 Å². The van der Waals surface area contributed by atoms with Crippen molar-refractivity contribution in [3.05, 3.63) is 22.4 Å². The van der Waals surface area contributed by atoms with Crippen LogP contribution in [0.3, 0.4) is 0 Å². The molecular formula is C10H11KN2O6S2. The van der Waals surface area contributed by atoms with E-state index in [1.54, 1.807) is 17.5 Å². The molecule has 0 aliphatic carbocycles. The van der Waals surface area contributed by atoms with Gasteiger partial charge in [-0.15, -0.1) is 11.3 Å². The molecule has 0 aromatic carbocycles. The molecule has 1 aromatic heterocycles. The minimum absolute atomic E-state index is 0. The van der Waals surface area contributed by atoms with Crippen LogP contribution in [0, 0.1) is 0 Å². The second-order valence-corrected chi connectivity index (χ2v) is 6.43. The van der Waals surface area contributed by atoms with Crippen molar-refractivity contribution in [3.63, 3.8) is 0 Å². The fourth-order valence-electron chi connectivity index (χ4n) is 1.77. The van der Waals surface area contributed by atoms with Gasteiger partial charge in [0.15, 0.2) is 10.3 Å². The molecule has 2 heterocycles. The van der Waals surface area contributed by atoms with Crippen LogP contribution < -0.4 is 56.7 Å². The molecule has 2 rings (SSSR count). The molecule has 0 saturated carbocycles. The molecule has 11 heteroatoms. The standard InChI is InChI=1S/C10H12N2O6S2.K/c1-18-10(6-12(9(10)14)20(15,16)17)11-8(13)5-7-3-2-4-19-7;/h2-4H,5-6H2,1H3,(H,11,13)(H,15,16,17);/q;+1/p-1/t10-;/m1./s1. The van der Waals surface area contributed by atoms with Crippen LogP contribution in [0.5, 0.6) is 0 Å². The summed E-state index contributed by atoms with van der Waals surface area (Å²) in [5.41, 5.74) is -1.77. The van der Waals surface area contributed by atoms with Crippen molar-refractivity contribution < 1.29 is 78.7 Å². The number of ether oxygens (including phenoxy) is 1. The molecule has 0 spiro atoms. The van der Waals surface area contributed by atoms with Crippen LogP contribution in [0.4, 0.5) is 0 Å². The van der Waals surface area contributed by atoms with Gasteiger partial charge in [-0.1, -0.05) is 6.07 Å². The third-order valence-electron chi connectivity index (χ3n) is 2.81. The van der Waals surface area contributed by atoms with Gasteiger partial charge < -0.3 is 14.6 Å². The molecule has 21 heavy (non-hydrogen) atoms. The van der Waals surface area contributed by atoms with Crippen molar-refractivity contribution >= 4 is 33.5 Å². The van der Waals surface area contributed by atoms with Gasteiger partial charge in [0.1, 0.15) is 0 Å². The molecule has 2 amide bonds. The number of thiophene rings is 1. The number of nitrogens with one attached hydrogen (secondary N) is 1. The second-order valence-electron chi connectivity index (χ2n) is 4.10. The Labute approximate surface area is 168 Å². The van der Waals surface area contributed by atoms with Gasteiger partial charge in [0, 0.05) is 12.0 Å². The molecule has 1 aliphatic heterocycles. The van der Waals surface area contributed by atoms with Gasteiger partial charge in [0.2, 0.25) is 11.6 Å². The minimum atomic E-state index is -4.88. The van der Waals surface area contributed by atoms with Crippen LogP contribution >= 0.6 is 11.3 Å². The van der Waals surface area contributed by atoms with E-state index < -0.39 is 34.4 Å². The Hall–Kier alpha value is 0.146. The molecule has 0 radical (unpaired) electrons. The summed E-state index contributed by atoms with van der Waals surface area (Å²) >= 11 is 1.37. The summed E-state index contributed by atoms with van der Waals surface area (Å²) in [6, 6.07) is 3.53. The summed E-state index contributed by atoms with van der Waals surface area (Å²) in [5.74, 6) is -1.58. The molecule has 1 saturated heterocycles. The van der Waals surface area contributed by atoms with Gasteiger partial charge in [-0.25, -0.2) is 12.7 Å². The first-order chi connectivity index (χ1) is 9.28. The normalized spacial score (nSPS) is 21.4. The molecule has 1 N–H and O–H groups in total. The van der Waals surface area contributed by atoms with E-state index in [9.17, 15) is 22.6 Å². The maximum Gasteiger partial charge on any atom is 1.00 e.